The molecule has 1 aliphatic heterocycles. The Morgan fingerprint density at radius 1 is 1.50 bits per heavy atom. The Bertz CT molecular complexity index is 78.0. The van der Waals surface area contributed by atoms with Gasteiger partial charge in [0.2, 0.25) is 0 Å². The van der Waals surface area contributed by atoms with Crippen LogP contribution in [0.3, 0.4) is 0 Å². The van der Waals surface area contributed by atoms with Gasteiger partial charge in [-0.3, -0.25) is 0 Å². The number of ether oxygens (including phenoxy) is 1. The minimum Gasteiger partial charge on any atom is -0.400 e. The van der Waals surface area contributed by atoms with E-state index in [-0.39, 0.29) is 0 Å². The Hall–Kier alpha value is -0.120. The lowest BCUT2D eigenvalue weighted by molar-refractivity contribution is 0.111. The Kier molecular flexibility index (Phi) is 5.58. The predicted molar refractivity (Wildman–Crippen MR) is 41.1 cm³/mol. The van der Waals surface area contributed by atoms with Gasteiger partial charge in [0.25, 0.3) is 0 Å². The minimum absolute atomic E-state index is 0.500. The fourth-order valence-corrected chi connectivity index (χ4v) is 1.09. The molecule has 3 nitrogen and oxygen atoms in total. The monoisotopic (exact) mass is 147 g/mol. The van der Waals surface area contributed by atoms with Gasteiger partial charge in [-0.25, -0.2) is 0 Å². The molecule has 1 heterocycles. The summed E-state index contributed by atoms with van der Waals surface area (Å²) in [7, 11) is 4.91. The van der Waals surface area contributed by atoms with Crippen LogP contribution >= 0.6 is 0 Å². The topological polar surface area (TPSA) is 32.7 Å². The lowest BCUT2D eigenvalue weighted by Gasteiger charge is -2.06. The molecule has 0 aliphatic carbocycles. The van der Waals surface area contributed by atoms with E-state index in [9.17, 15) is 0 Å². The SMILES string of the molecule is CO.COC1CCN(C)C1. The summed E-state index contributed by atoms with van der Waals surface area (Å²) in [5.74, 6) is 0. The molecule has 1 saturated heterocycles. The van der Waals surface area contributed by atoms with Gasteiger partial charge in [0.05, 0.1) is 6.10 Å². The molecular formula is C7H17NO2. The van der Waals surface area contributed by atoms with E-state index in [1.54, 1.807) is 7.11 Å². The van der Waals surface area contributed by atoms with Gasteiger partial charge >= 0.3 is 0 Å². The molecule has 0 amide bonds. The molecule has 1 atom stereocenters. The average Bonchev–Trinajstić information content (AvgIpc) is 2.40. The summed E-state index contributed by atoms with van der Waals surface area (Å²) < 4.78 is 5.14. The molecule has 0 saturated carbocycles. The van der Waals surface area contributed by atoms with Crippen LogP contribution in [0.1, 0.15) is 6.42 Å². The second kappa shape index (κ2) is 5.65. The molecule has 1 aliphatic rings. The van der Waals surface area contributed by atoms with Crippen molar-refractivity contribution in [2.45, 2.75) is 12.5 Å². The summed E-state index contributed by atoms with van der Waals surface area (Å²) in [6, 6.07) is 0. The first kappa shape index (κ1) is 9.88. The van der Waals surface area contributed by atoms with Crippen LogP contribution in [0.4, 0.5) is 0 Å². The predicted octanol–water partition coefficient (Wildman–Crippen LogP) is -0.0546. The van der Waals surface area contributed by atoms with Gasteiger partial charge in [-0.05, 0) is 13.5 Å². The van der Waals surface area contributed by atoms with Crippen LogP contribution in [-0.2, 0) is 4.74 Å². The van der Waals surface area contributed by atoms with Crippen molar-refractivity contribution >= 4 is 0 Å². The highest BCUT2D eigenvalue weighted by Gasteiger charge is 2.17. The zero-order valence-corrected chi connectivity index (χ0v) is 7.00. The molecule has 3 heteroatoms. The van der Waals surface area contributed by atoms with E-state index in [0.29, 0.717) is 6.10 Å². The Morgan fingerprint density at radius 2 is 2.10 bits per heavy atom. The average molecular weight is 147 g/mol. The molecule has 0 bridgehead atoms. The van der Waals surface area contributed by atoms with Gasteiger partial charge in [0, 0.05) is 27.3 Å². The van der Waals surface area contributed by atoms with Crippen molar-refractivity contribution in [3.63, 3.8) is 0 Å². The van der Waals surface area contributed by atoms with Gasteiger partial charge in [0.1, 0.15) is 0 Å². The third kappa shape index (κ3) is 3.15. The molecular weight excluding hydrogens is 130 g/mol. The molecule has 0 spiro atoms. The molecule has 10 heavy (non-hydrogen) atoms. The molecule has 0 aromatic rings. The number of hydrogen-bond donors (Lipinski definition) is 1. The van der Waals surface area contributed by atoms with Crippen molar-refractivity contribution in [1.29, 1.82) is 0 Å². The third-order valence-electron chi connectivity index (χ3n) is 1.68. The number of aliphatic hydroxyl groups excluding tert-OH is 1. The van der Waals surface area contributed by atoms with Gasteiger partial charge in [0.15, 0.2) is 0 Å². The first-order valence-electron chi connectivity index (χ1n) is 3.49. The summed E-state index contributed by atoms with van der Waals surface area (Å²) in [5, 5.41) is 7.00. The van der Waals surface area contributed by atoms with Crippen molar-refractivity contribution in [1.82, 2.24) is 4.90 Å². The van der Waals surface area contributed by atoms with E-state index in [1.807, 2.05) is 0 Å². The van der Waals surface area contributed by atoms with Crippen molar-refractivity contribution in [2.24, 2.45) is 0 Å². The Morgan fingerprint density at radius 3 is 2.30 bits per heavy atom. The van der Waals surface area contributed by atoms with Crippen LogP contribution in [0.15, 0.2) is 0 Å². The summed E-state index contributed by atoms with van der Waals surface area (Å²) in [4.78, 5) is 2.29. The van der Waals surface area contributed by atoms with Crippen LogP contribution < -0.4 is 0 Å². The molecule has 1 fully saturated rings. The van der Waals surface area contributed by atoms with E-state index >= 15 is 0 Å². The normalized spacial score (nSPS) is 25.8. The first-order valence-corrected chi connectivity index (χ1v) is 3.49. The number of likely N-dealkylation sites (tertiary alicyclic amines) is 1. The van der Waals surface area contributed by atoms with E-state index in [4.69, 9.17) is 9.84 Å². The number of aliphatic hydroxyl groups is 1. The number of likely N-dealkylation sites (N-methyl/N-ethyl adjacent to an activating group) is 1. The van der Waals surface area contributed by atoms with Crippen LogP contribution in [0.25, 0.3) is 0 Å². The lowest BCUT2D eigenvalue weighted by Crippen LogP contribution is -2.17. The van der Waals surface area contributed by atoms with Crippen molar-refractivity contribution in [2.75, 3.05) is 34.4 Å². The molecule has 1 unspecified atom stereocenters. The van der Waals surface area contributed by atoms with E-state index in [2.05, 4.69) is 11.9 Å². The molecule has 62 valence electrons. The van der Waals surface area contributed by atoms with Crippen LogP contribution in [0.2, 0.25) is 0 Å². The molecule has 0 aromatic carbocycles. The second-order valence-electron chi connectivity index (χ2n) is 2.41. The summed E-state index contributed by atoms with van der Waals surface area (Å²) in [6.45, 7) is 2.30. The lowest BCUT2D eigenvalue weighted by atomic mass is 10.3. The summed E-state index contributed by atoms with van der Waals surface area (Å²) in [6.07, 6.45) is 1.70. The zero-order chi connectivity index (χ0) is 7.98. The quantitative estimate of drug-likeness (QED) is 0.564. The van der Waals surface area contributed by atoms with E-state index in [1.165, 1.54) is 13.0 Å². The van der Waals surface area contributed by atoms with Gasteiger partial charge in [-0.1, -0.05) is 0 Å². The first-order chi connectivity index (χ1) is 4.83. The maximum atomic E-state index is 7.00. The zero-order valence-electron chi connectivity index (χ0n) is 7.00. The second-order valence-corrected chi connectivity index (χ2v) is 2.41. The molecule has 1 N–H and O–H groups in total. The van der Waals surface area contributed by atoms with Gasteiger partial charge in [-0.2, -0.15) is 0 Å². The largest absolute Gasteiger partial charge is 0.400 e. The fourth-order valence-electron chi connectivity index (χ4n) is 1.09. The number of rotatable bonds is 1. The Labute approximate surface area is 62.6 Å². The summed E-state index contributed by atoms with van der Waals surface area (Å²) in [5.41, 5.74) is 0. The van der Waals surface area contributed by atoms with Crippen molar-refractivity contribution in [3.8, 4) is 0 Å². The number of nitrogens with zero attached hydrogens (tertiary/aromatic N) is 1. The van der Waals surface area contributed by atoms with Crippen molar-refractivity contribution in [3.05, 3.63) is 0 Å². The smallest absolute Gasteiger partial charge is 0.0710 e. The van der Waals surface area contributed by atoms with Crippen molar-refractivity contribution < 1.29 is 9.84 Å². The maximum absolute atomic E-state index is 7.00. The molecule has 1 rings (SSSR count). The number of methoxy groups -OCH3 is 1. The third-order valence-corrected chi connectivity index (χ3v) is 1.68. The number of hydrogen-bond acceptors (Lipinski definition) is 3. The fraction of sp³-hybridized carbons (Fsp3) is 1.00. The van der Waals surface area contributed by atoms with Gasteiger partial charge < -0.3 is 14.7 Å². The van der Waals surface area contributed by atoms with Crippen LogP contribution in [0.5, 0.6) is 0 Å². The Balaban J connectivity index is 0.000000371. The van der Waals surface area contributed by atoms with E-state index in [0.717, 1.165) is 13.7 Å². The molecule has 0 aromatic heterocycles. The van der Waals surface area contributed by atoms with E-state index < -0.39 is 0 Å². The summed E-state index contributed by atoms with van der Waals surface area (Å²) >= 11 is 0. The van der Waals surface area contributed by atoms with Crippen LogP contribution in [0, 0.1) is 0 Å². The molecule has 0 radical (unpaired) electrons. The highest BCUT2D eigenvalue weighted by Crippen LogP contribution is 2.07. The standard InChI is InChI=1S/C6H13NO.CH4O/c1-7-4-3-6(5-7)8-2;1-2/h6H,3-5H2,1-2H3;2H,1H3. The maximum Gasteiger partial charge on any atom is 0.0710 e. The van der Waals surface area contributed by atoms with Gasteiger partial charge in [-0.15, -0.1) is 0 Å². The van der Waals surface area contributed by atoms with Crippen LogP contribution in [-0.4, -0.2) is 50.5 Å². The highest BCUT2D eigenvalue weighted by atomic mass is 16.5. The highest BCUT2D eigenvalue weighted by molar-refractivity contribution is 4.71. The minimum atomic E-state index is 0.500.